The van der Waals surface area contributed by atoms with Crippen molar-refractivity contribution in [1.29, 1.82) is 0 Å². The molecule has 0 bridgehead atoms. The maximum absolute atomic E-state index is 5.38. The summed E-state index contributed by atoms with van der Waals surface area (Å²) in [6.45, 7) is 4.86. The van der Waals surface area contributed by atoms with E-state index in [1.165, 1.54) is 11.1 Å². The number of hydrogen-bond acceptors (Lipinski definition) is 1. The minimum atomic E-state index is 0.618. The average Bonchev–Trinajstić information content (AvgIpc) is 2.26. The lowest BCUT2D eigenvalue weighted by molar-refractivity contribution is 0.237. The van der Waals surface area contributed by atoms with E-state index in [9.17, 15) is 0 Å². The Morgan fingerprint density at radius 1 is 1.33 bits per heavy atom. The van der Waals surface area contributed by atoms with Gasteiger partial charge in [0.1, 0.15) is 12.9 Å². The van der Waals surface area contributed by atoms with Gasteiger partial charge < -0.3 is 4.74 Å². The van der Waals surface area contributed by atoms with Gasteiger partial charge in [-0.1, -0.05) is 49.4 Å². The normalized spacial score (nSPS) is 9.20. The number of hydrogen-bond donors (Lipinski definition) is 0. The molecule has 0 spiro atoms. The number of rotatable bonds is 5. The van der Waals surface area contributed by atoms with E-state index >= 15 is 0 Å². The molecule has 1 nitrogen and oxygen atoms in total. The molecule has 0 fully saturated rings. The third kappa shape index (κ3) is 5.09. The standard InChI is InChI=1S/C14H18O/c1-3-7-13(2)10-11-15-12-14-8-5-4-6-9-14/h4-6,8-9,11H,3,7,12H2,1-2H3. The van der Waals surface area contributed by atoms with E-state index in [1.54, 1.807) is 6.26 Å². The average molecular weight is 202 g/mol. The minimum absolute atomic E-state index is 0.618. The summed E-state index contributed by atoms with van der Waals surface area (Å²) in [6, 6.07) is 10.1. The van der Waals surface area contributed by atoms with Crippen molar-refractivity contribution in [2.75, 3.05) is 0 Å². The predicted octanol–water partition coefficient (Wildman–Crippen LogP) is 4.06. The van der Waals surface area contributed by atoms with Crippen LogP contribution in [0, 0.1) is 0 Å². The van der Waals surface area contributed by atoms with E-state index in [-0.39, 0.29) is 0 Å². The Balaban J connectivity index is 2.36. The fourth-order valence-electron chi connectivity index (χ4n) is 1.30. The maximum atomic E-state index is 5.38. The lowest BCUT2D eigenvalue weighted by Gasteiger charge is -1.98. The molecule has 1 rings (SSSR count). The van der Waals surface area contributed by atoms with E-state index in [1.807, 2.05) is 18.2 Å². The van der Waals surface area contributed by atoms with Crippen molar-refractivity contribution in [2.24, 2.45) is 0 Å². The molecule has 0 aliphatic carbocycles. The van der Waals surface area contributed by atoms with Gasteiger partial charge in [-0.05, 0) is 24.5 Å². The van der Waals surface area contributed by atoms with Gasteiger partial charge in [0.15, 0.2) is 0 Å². The van der Waals surface area contributed by atoms with Gasteiger partial charge >= 0.3 is 0 Å². The Hall–Kier alpha value is -1.46. The van der Waals surface area contributed by atoms with Gasteiger partial charge in [-0.15, -0.1) is 0 Å². The molecule has 1 heteroatoms. The predicted molar refractivity (Wildman–Crippen MR) is 63.4 cm³/mol. The topological polar surface area (TPSA) is 9.23 Å². The molecule has 1 aromatic rings. The monoisotopic (exact) mass is 202 g/mol. The van der Waals surface area contributed by atoms with E-state index < -0.39 is 0 Å². The van der Waals surface area contributed by atoms with Crippen molar-refractivity contribution < 1.29 is 4.74 Å². The van der Waals surface area contributed by atoms with Crippen molar-refractivity contribution >= 4 is 0 Å². The van der Waals surface area contributed by atoms with E-state index in [4.69, 9.17) is 4.74 Å². The summed E-state index contributed by atoms with van der Waals surface area (Å²) in [5, 5.41) is 0. The van der Waals surface area contributed by atoms with Gasteiger partial charge in [0.25, 0.3) is 0 Å². The van der Waals surface area contributed by atoms with Crippen molar-refractivity contribution in [3.05, 3.63) is 53.5 Å². The quantitative estimate of drug-likeness (QED) is 0.516. The fraction of sp³-hybridized carbons (Fsp3) is 0.357. The molecule has 0 saturated heterocycles. The maximum Gasteiger partial charge on any atom is 0.125 e. The van der Waals surface area contributed by atoms with Crippen LogP contribution in [-0.2, 0) is 11.3 Å². The highest BCUT2D eigenvalue weighted by Crippen LogP contribution is 2.02. The molecule has 0 aliphatic rings. The Morgan fingerprint density at radius 3 is 2.73 bits per heavy atom. The number of benzene rings is 1. The largest absolute Gasteiger partial charge is 0.488 e. The molecule has 1 aromatic carbocycles. The highest BCUT2D eigenvalue weighted by Gasteiger charge is 1.87. The van der Waals surface area contributed by atoms with Gasteiger partial charge in [-0.2, -0.15) is 0 Å². The van der Waals surface area contributed by atoms with Crippen LogP contribution in [0.5, 0.6) is 0 Å². The highest BCUT2D eigenvalue weighted by molar-refractivity contribution is 5.13. The first-order chi connectivity index (χ1) is 7.33. The second kappa shape index (κ2) is 6.92. The van der Waals surface area contributed by atoms with Crippen LogP contribution in [0.15, 0.2) is 47.9 Å². The minimum Gasteiger partial charge on any atom is -0.488 e. The Morgan fingerprint density at radius 2 is 2.07 bits per heavy atom. The molecule has 0 N–H and O–H groups in total. The van der Waals surface area contributed by atoms with Gasteiger partial charge in [-0.3, -0.25) is 0 Å². The van der Waals surface area contributed by atoms with Crippen LogP contribution >= 0.6 is 0 Å². The molecule has 15 heavy (non-hydrogen) atoms. The van der Waals surface area contributed by atoms with Crippen molar-refractivity contribution in [3.63, 3.8) is 0 Å². The van der Waals surface area contributed by atoms with Crippen molar-refractivity contribution in [1.82, 2.24) is 0 Å². The van der Waals surface area contributed by atoms with Gasteiger partial charge in [0, 0.05) is 0 Å². The van der Waals surface area contributed by atoms with Crippen molar-refractivity contribution in [2.45, 2.75) is 33.3 Å². The fourth-order valence-corrected chi connectivity index (χ4v) is 1.30. The van der Waals surface area contributed by atoms with E-state index in [2.05, 4.69) is 31.7 Å². The zero-order chi connectivity index (χ0) is 10.9. The number of ether oxygens (including phenoxy) is 1. The van der Waals surface area contributed by atoms with Crippen LogP contribution in [0.25, 0.3) is 0 Å². The first kappa shape index (κ1) is 11.6. The molecule has 0 radical (unpaired) electrons. The van der Waals surface area contributed by atoms with Gasteiger partial charge in [-0.25, -0.2) is 0 Å². The second-order valence-corrected chi connectivity index (χ2v) is 3.59. The molecule has 80 valence electrons. The van der Waals surface area contributed by atoms with Crippen LogP contribution in [0.2, 0.25) is 0 Å². The Labute approximate surface area is 92.1 Å². The van der Waals surface area contributed by atoms with Crippen molar-refractivity contribution in [3.8, 4) is 0 Å². The highest BCUT2D eigenvalue weighted by atomic mass is 16.5. The zero-order valence-corrected chi connectivity index (χ0v) is 9.49. The SMILES string of the molecule is CCCC(C)=C=COCc1ccccc1. The smallest absolute Gasteiger partial charge is 0.125 e. The zero-order valence-electron chi connectivity index (χ0n) is 9.49. The molecule has 0 saturated carbocycles. The Bertz CT molecular complexity index is 332. The van der Waals surface area contributed by atoms with Crippen LogP contribution in [0.3, 0.4) is 0 Å². The summed E-state index contributed by atoms with van der Waals surface area (Å²) in [6.07, 6.45) is 3.91. The Kier molecular flexibility index (Phi) is 5.35. The molecular weight excluding hydrogens is 184 g/mol. The second-order valence-electron chi connectivity index (χ2n) is 3.59. The summed E-state index contributed by atoms with van der Waals surface area (Å²) in [5.74, 6) is 0. The molecule has 0 heterocycles. The summed E-state index contributed by atoms with van der Waals surface area (Å²) < 4.78 is 5.38. The summed E-state index contributed by atoms with van der Waals surface area (Å²) >= 11 is 0. The van der Waals surface area contributed by atoms with Crippen LogP contribution in [-0.4, -0.2) is 0 Å². The summed E-state index contributed by atoms with van der Waals surface area (Å²) in [5.41, 5.74) is 5.55. The van der Waals surface area contributed by atoms with E-state index in [0.29, 0.717) is 6.61 Å². The molecule has 0 atom stereocenters. The molecule has 0 amide bonds. The molecular formula is C14H18O. The lowest BCUT2D eigenvalue weighted by atomic mass is 10.2. The van der Waals surface area contributed by atoms with Crippen LogP contribution in [0.4, 0.5) is 0 Å². The third-order valence-corrected chi connectivity index (χ3v) is 2.11. The molecule has 0 aromatic heterocycles. The first-order valence-corrected chi connectivity index (χ1v) is 5.39. The molecule has 0 aliphatic heterocycles. The first-order valence-electron chi connectivity index (χ1n) is 5.39. The van der Waals surface area contributed by atoms with Crippen LogP contribution in [0.1, 0.15) is 32.3 Å². The lowest BCUT2D eigenvalue weighted by Crippen LogP contribution is -1.84. The molecule has 0 unspecified atom stereocenters. The van der Waals surface area contributed by atoms with Gasteiger partial charge in [0.05, 0.1) is 0 Å². The summed E-state index contributed by atoms with van der Waals surface area (Å²) in [7, 11) is 0. The number of allylic oxidation sites excluding steroid dienone is 1. The third-order valence-electron chi connectivity index (χ3n) is 2.11. The van der Waals surface area contributed by atoms with Gasteiger partial charge in [0.2, 0.25) is 0 Å². The summed E-state index contributed by atoms with van der Waals surface area (Å²) in [4.78, 5) is 0. The van der Waals surface area contributed by atoms with Crippen LogP contribution < -0.4 is 0 Å². The van der Waals surface area contributed by atoms with E-state index in [0.717, 1.165) is 12.8 Å².